The number of amides is 4. The molecule has 0 saturated heterocycles. The number of carboxylic acids is 1. The Labute approximate surface area is 185 Å². The molecule has 0 fully saturated rings. The van der Waals surface area contributed by atoms with Gasteiger partial charge in [-0.2, -0.15) is 0 Å². The molecule has 0 spiro atoms. The van der Waals surface area contributed by atoms with Gasteiger partial charge in [0.1, 0.15) is 12.1 Å². The first-order valence-electron chi connectivity index (χ1n) is 10.1. The van der Waals surface area contributed by atoms with Crippen LogP contribution in [0.2, 0.25) is 0 Å². The molecule has 4 atom stereocenters. The molecule has 0 aromatic rings. The summed E-state index contributed by atoms with van der Waals surface area (Å²) in [4.78, 5) is 62.8. The molecule has 0 aliphatic carbocycles. The second kappa shape index (κ2) is 14.6. The molecule has 12 N–H and O–H groups in total. The number of guanidine groups is 1. The van der Waals surface area contributed by atoms with Gasteiger partial charge in [-0.1, -0.05) is 20.3 Å². The topological polar surface area (TPSA) is 258 Å². The number of hydrogen-bond donors (Lipinski definition) is 8. The van der Waals surface area contributed by atoms with E-state index in [-0.39, 0.29) is 24.8 Å². The third-order valence-electron chi connectivity index (χ3n) is 4.55. The van der Waals surface area contributed by atoms with Gasteiger partial charge in [0, 0.05) is 6.54 Å². The highest BCUT2D eigenvalue weighted by Gasteiger charge is 2.29. The molecule has 182 valence electrons. The Bertz CT molecular complexity index is 710. The summed E-state index contributed by atoms with van der Waals surface area (Å²) in [5.74, 6) is -4.64. The minimum atomic E-state index is -1.22. The van der Waals surface area contributed by atoms with E-state index >= 15 is 0 Å². The van der Waals surface area contributed by atoms with E-state index in [1.165, 1.54) is 0 Å². The molecule has 0 bridgehead atoms. The molecule has 32 heavy (non-hydrogen) atoms. The zero-order chi connectivity index (χ0) is 24.8. The number of nitrogens with zero attached hydrogens (tertiary/aromatic N) is 1. The van der Waals surface area contributed by atoms with Gasteiger partial charge in [-0.3, -0.25) is 24.2 Å². The zero-order valence-corrected chi connectivity index (χ0v) is 18.3. The molecule has 0 rings (SSSR count). The molecule has 0 aromatic carbocycles. The molecule has 4 amide bonds. The van der Waals surface area contributed by atoms with Crippen LogP contribution in [0.3, 0.4) is 0 Å². The van der Waals surface area contributed by atoms with Crippen LogP contribution in [0.5, 0.6) is 0 Å². The zero-order valence-electron chi connectivity index (χ0n) is 18.3. The van der Waals surface area contributed by atoms with E-state index in [1.807, 2.05) is 0 Å². The summed E-state index contributed by atoms with van der Waals surface area (Å²) in [6.45, 7) is 3.13. The highest BCUT2D eigenvalue weighted by molar-refractivity contribution is 5.93. The summed E-state index contributed by atoms with van der Waals surface area (Å²) < 4.78 is 0. The van der Waals surface area contributed by atoms with Gasteiger partial charge in [0.25, 0.3) is 0 Å². The van der Waals surface area contributed by atoms with E-state index < -0.39 is 60.7 Å². The van der Waals surface area contributed by atoms with Crippen LogP contribution >= 0.6 is 0 Å². The van der Waals surface area contributed by atoms with E-state index in [9.17, 15) is 29.1 Å². The molecule has 0 aliphatic rings. The average molecular weight is 459 g/mol. The first kappa shape index (κ1) is 28.6. The number of aliphatic carboxylic acids is 1. The highest BCUT2D eigenvalue weighted by atomic mass is 16.4. The SMILES string of the molecule is CCC(C)C(NC(=O)C(CCCN=C(N)N)NC(=O)CNC(=O)C(N)CC(N)=O)C(=O)O. The van der Waals surface area contributed by atoms with E-state index in [1.54, 1.807) is 13.8 Å². The van der Waals surface area contributed by atoms with Gasteiger partial charge in [-0.15, -0.1) is 0 Å². The number of carboxylic acid groups (broad SMARTS) is 1. The van der Waals surface area contributed by atoms with Crippen LogP contribution in [-0.2, 0) is 24.0 Å². The maximum absolute atomic E-state index is 12.7. The van der Waals surface area contributed by atoms with Crippen molar-refractivity contribution in [3.05, 3.63) is 0 Å². The number of carbonyl (C=O) groups is 5. The van der Waals surface area contributed by atoms with Crippen LogP contribution in [0.4, 0.5) is 0 Å². The lowest BCUT2D eigenvalue weighted by molar-refractivity contribution is -0.143. The first-order chi connectivity index (χ1) is 14.9. The number of hydrogen-bond acceptors (Lipinski definition) is 7. The van der Waals surface area contributed by atoms with Crippen LogP contribution < -0.4 is 38.9 Å². The van der Waals surface area contributed by atoms with Gasteiger partial charge < -0.3 is 44.0 Å². The number of aliphatic imine (C=N–C) groups is 1. The smallest absolute Gasteiger partial charge is 0.326 e. The Hall–Kier alpha value is -3.42. The van der Waals surface area contributed by atoms with E-state index in [4.69, 9.17) is 22.9 Å². The molecule has 0 saturated carbocycles. The Morgan fingerprint density at radius 2 is 1.66 bits per heavy atom. The monoisotopic (exact) mass is 458 g/mol. The molecule has 0 aromatic heterocycles. The minimum absolute atomic E-state index is 0.107. The second-order valence-electron chi connectivity index (χ2n) is 7.27. The lowest BCUT2D eigenvalue weighted by Crippen LogP contribution is -2.55. The summed E-state index contributed by atoms with van der Waals surface area (Å²) >= 11 is 0. The number of nitrogens with two attached hydrogens (primary N) is 4. The largest absolute Gasteiger partial charge is 0.480 e. The van der Waals surface area contributed by atoms with Crippen molar-refractivity contribution in [2.24, 2.45) is 33.8 Å². The summed E-state index contributed by atoms with van der Waals surface area (Å²) in [6, 6.07) is -3.46. The van der Waals surface area contributed by atoms with E-state index in [2.05, 4.69) is 20.9 Å². The maximum Gasteiger partial charge on any atom is 0.326 e. The third kappa shape index (κ3) is 11.7. The van der Waals surface area contributed by atoms with Crippen molar-refractivity contribution in [2.45, 2.75) is 57.7 Å². The molecule has 0 heterocycles. The fraction of sp³-hybridized carbons (Fsp3) is 0.667. The van der Waals surface area contributed by atoms with Crippen molar-refractivity contribution in [2.75, 3.05) is 13.1 Å². The van der Waals surface area contributed by atoms with Crippen molar-refractivity contribution in [1.29, 1.82) is 0 Å². The highest BCUT2D eigenvalue weighted by Crippen LogP contribution is 2.09. The van der Waals surface area contributed by atoms with Crippen LogP contribution in [-0.4, -0.2) is 71.9 Å². The molecule has 4 unspecified atom stereocenters. The van der Waals surface area contributed by atoms with E-state index in [0.717, 1.165) is 0 Å². The van der Waals surface area contributed by atoms with Gasteiger partial charge in [0.2, 0.25) is 23.6 Å². The number of nitrogens with one attached hydrogen (secondary N) is 3. The van der Waals surface area contributed by atoms with Gasteiger partial charge >= 0.3 is 5.97 Å². The van der Waals surface area contributed by atoms with Crippen molar-refractivity contribution in [1.82, 2.24) is 16.0 Å². The molecular formula is C18H34N8O6. The third-order valence-corrected chi connectivity index (χ3v) is 4.55. The summed E-state index contributed by atoms with van der Waals surface area (Å²) in [5, 5.41) is 16.5. The van der Waals surface area contributed by atoms with Gasteiger partial charge in [-0.25, -0.2) is 4.79 Å². The van der Waals surface area contributed by atoms with Gasteiger partial charge in [0.05, 0.1) is 19.0 Å². The molecular weight excluding hydrogens is 424 g/mol. The Morgan fingerprint density at radius 3 is 2.16 bits per heavy atom. The van der Waals surface area contributed by atoms with Crippen molar-refractivity contribution >= 4 is 35.6 Å². The van der Waals surface area contributed by atoms with Crippen LogP contribution in [0, 0.1) is 5.92 Å². The Balaban J connectivity index is 5.10. The van der Waals surface area contributed by atoms with Crippen molar-refractivity contribution in [3.8, 4) is 0 Å². The quantitative estimate of drug-likeness (QED) is 0.0685. The Kier molecular flexibility index (Phi) is 13.0. The van der Waals surface area contributed by atoms with Gasteiger partial charge in [-0.05, 0) is 18.8 Å². The molecule has 14 heteroatoms. The lowest BCUT2D eigenvalue weighted by Gasteiger charge is -2.24. The lowest BCUT2D eigenvalue weighted by atomic mass is 9.98. The second-order valence-corrected chi connectivity index (χ2v) is 7.27. The first-order valence-corrected chi connectivity index (χ1v) is 10.1. The fourth-order valence-corrected chi connectivity index (χ4v) is 2.56. The number of primary amides is 1. The van der Waals surface area contributed by atoms with E-state index in [0.29, 0.717) is 12.8 Å². The molecule has 0 aliphatic heterocycles. The van der Waals surface area contributed by atoms with Crippen LogP contribution in [0.1, 0.15) is 39.5 Å². The van der Waals surface area contributed by atoms with Crippen molar-refractivity contribution < 1.29 is 29.1 Å². The van der Waals surface area contributed by atoms with Crippen LogP contribution in [0.15, 0.2) is 4.99 Å². The fourth-order valence-electron chi connectivity index (χ4n) is 2.56. The number of carbonyl (C=O) groups excluding carboxylic acids is 4. The summed E-state index contributed by atoms with van der Waals surface area (Å²) in [5.41, 5.74) is 21.0. The number of rotatable bonds is 15. The predicted octanol–water partition coefficient (Wildman–Crippen LogP) is -3.54. The van der Waals surface area contributed by atoms with Crippen molar-refractivity contribution in [3.63, 3.8) is 0 Å². The molecule has 0 radical (unpaired) electrons. The molecule has 14 nitrogen and oxygen atoms in total. The van der Waals surface area contributed by atoms with Gasteiger partial charge in [0.15, 0.2) is 5.96 Å². The standard InChI is InChI=1S/C18H34N8O6/c1-3-9(2)14(17(31)32)26-16(30)11(5-4-6-23-18(21)22)25-13(28)8-24-15(29)10(19)7-12(20)27/h9-11,14H,3-8,19H2,1-2H3,(H2,20,27)(H,24,29)(H,25,28)(H,26,30)(H,31,32)(H4,21,22,23). The average Bonchev–Trinajstić information content (AvgIpc) is 2.70. The normalized spacial score (nSPS) is 14.2. The van der Waals surface area contributed by atoms with Crippen LogP contribution in [0.25, 0.3) is 0 Å². The maximum atomic E-state index is 12.7. The Morgan fingerprint density at radius 1 is 1.03 bits per heavy atom. The summed E-state index contributed by atoms with van der Waals surface area (Å²) in [6.07, 6.45) is 0.537. The summed E-state index contributed by atoms with van der Waals surface area (Å²) in [7, 11) is 0. The predicted molar refractivity (Wildman–Crippen MR) is 116 cm³/mol. The minimum Gasteiger partial charge on any atom is -0.480 e.